The van der Waals surface area contributed by atoms with E-state index in [1.165, 1.54) is 16.9 Å². The molecule has 30 heavy (non-hydrogen) atoms. The van der Waals surface area contributed by atoms with E-state index in [0.29, 0.717) is 11.6 Å². The Morgan fingerprint density at radius 1 is 1.03 bits per heavy atom. The molecular formula is C24H25ClN2O2S. The lowest BCUT2D eigenvalue weighted by atomic mass is 10.2. The van der Waals surface area contributed by atoms with Gasteiger partial charge in [-0.25, -0.2) is 0 Å². The normalized spacial score (nSPS) is 14.7. The minimum Gasteiger partial charge on any atom is -0.489 e. The van der Waals surface area contributed by atoms with Gasteiger partial charge in [-0.05, 0) is 47.7 Å². The van der Waals surface area contributed by atoms with E-state index < -0.39 is 0 Å². The van der Waals surface area contributed by atoms with E-state index in [4.69, 9.17) is 16.3 Å². The molecule has 3 aromatic rings. The Labute approximate surface area is 186 Å². The molecule has 1 amide bonds. The SMILES string of the molecule is Cc1cc(Cl)ccc1OCc1csc(C(=O)N2CCN(Cc3ccccc3)CC2)c1. The highest BCUT2D eigenvalue weighted by molar-refractivity contribution is 7.12. The number of amides is 1. The number of carbonyl (C=O) groups excluding carboxylic acids is 1. The first-order chi connectivity index (χ1) is 14.6. The van der Waals surface area contributed by atoms with E-state index in [9.17, 15) is 4.79 Å². The molecule has 0 radical (unpaired) electrons. The van der Waals surface area contributed by atoms with Gasteiger partial charge in [-0.15, -0.1) is 11.3 Å². The number of rotatable bonds is 6. The highest BCUT2D eigenvalue weighted by Gasteiger charge is 2.23. The van der Waals surface area contributed by atoms with Crippen molar-refractivity contribution in [2.45, 2.75) is 20.1 Å². The van der Waals surface area contributed by atoms with Crippen LogP contribution in [-0.4, -0.2) is 41.9 Å². The van der Waals surface area contributed by atoms with Crippen LogP contribution in [0, 0.1) is 6.92 Å². The van der Waals surface area contributed by atoms with Crippen molar-refractivity contribution >= 4 is 28.8 Å². The highest BCUT2D eigenvalue weighted by atomic mass is 35.5. The Kier molecular flexibility index (Phi) is 6.72. The molecule has 1 fully saturated rings. The molecule has 4 nitrogen and oxygen atoms in total. The van der Waals surface area contributed by atoms with Crippen LogP contribution in [0.2, 0.25) is 5.02 Å². The summed E-state index contributed by atoms with van der Waals surface area (Å²) in [6.45, 7) is 6.68. The summed E-state index contributed by atoms with van der Waals surface area (Å²) < 4.78 is 5.90. The van der Waals surface area contributed by atoms with Crippen molar-refractivity contribution in [3.8, 4) is 5.75 Å². The maximum absolute atomic E-state index is 12.9. The van der Waals surface area contributed by atoms with Crippen molar-refractivity contribution < 1.29 is 9.53 Å². The lowest BCUT2D eigenvalue weighted by molar-refractivity contribution is 0.0633. The van der Waals surface area contributed by atoms with Crippen molar-refractivity contribution in [2.75, 3.05) is 26.2 Å². The molecule has 0 aliphatic carbocycles. The highest BCUT2D eigenvalue weighted by Crippen LogP contribution is 2.24. The number of halogens is 1. The molecule has 1 aromatic heterocycles. The van der Waals surface area contributed by atoms with E-state index in [0.717, 1.165) is 54.5 Å². The molecule has 0 atom stereocenters. The van der Waals surface area contributed by atoms with E-state index in [1.54, 1.807) is 0 Å². The smallest absolute Gasteiger partial charge is 0.264 e. The van der Waals surface area contributed by atoms with Gasteiger partial charge in [0.2, 0.25) is 0 Å². The summed E-state index contributed by atoms with van der Waals surface area (Å²) in [5.74, 6) is 0.932. The first kappa shape index (κ1) is 20.9. The Morgan fingerprint density at radius 2 is 1.80 bits per heavy atom. The first-order valence-corrected chi connectivity index (χ1v) is 11.4. The zero-order valence-electron chi connectivity index (χ0n) is 17.0. The predicted molar refractivity (Wildman–Crippen MR) is 122 cm³/mol. The first-order valence-electron chi connectivity index (χ1n) is 10.1. The molecule has 156 valence electrons. The fraction of sp³-hybridized carbons (Fsp3) is 0.292. The van der Waals surface area contributed by atoms with Gasteiger partial charge in [0.1, 0.15) is 12.4 Å². The second-order valence-corrected chi connectivity index (χ2v) is 8.92. The largest absolute Gasteiger partial charge is 0.489 e. The van der Waals surface area contributed by atoms with Crippen LogP contribution in [0.15, 0.2) is 60.0 Å². The van der Waals surface area contributed by atoms with Gasteiger partial charge in [-0.1, -0.05) is 41.9 Å². The summed E-state index contributed by atoms with van der Waals surface area (Å²) in [7, 11) is 0. The van der Waals surface area contributed by atoms with Crippen LogP contribution in [-0.2, 0) is 13.2 Å². The molecule has 4 rings (SSSR count). The monoisotopic (exact) mass is 440 g/mol. The quantitative estimate of drug-likeness (QED) is 0.525. The lowest BCUT2D eigenvalue weighted by Crippen LogP contribution is -2.48. The van der Waals surface area contributed by atoms with E-state index >= 15 is 0 Å². The van der Waals surface area contributed by atoms with Crippen molar-refractivity contribution in [1.29, 1.82) is 0 Å². The Hall–Kier alpha value is -2.34. The number of benzene rings is 2. The number of ether oxygens (including phenoxy) is 1. The molecule has 0 spiro atoms. The topological polar surface area (TPSA) is 32.8 Å². The van der Waals surface area contributed by atoms with Gasteiger partial charge in [0.05, 0.1) is 4.88 Å². The molecule has 0 bridgehead atoms. The molecule has 2 aromatic carbocycles. The maximum atomic E-state index is 12.9. The minimum atomic E-state index is 0.119. The molecule has 0 saturated carbocycles. The molecule has 0 unspecified atom stereocenters. The summed E-state index contributed by atoms with van der Waals surface area (Å²) in [5, 5.41) is 2.71. The van der Waals surface area contributed by atoms with Gasteiger partial charge >= 0.3 is 0 Å². The molecular weight excluding hydrogens is 416 g/mol. The van der Waals surface area contributed by atoms with Gasteiger partial charge in [0.25, 0.3) is 5.91 Å². The minimum absolute atomic E-state index is 0.119. The molecule has 1 saturated heterocycles. The fourth-order valence-corrected chi connectivity index (χ4v) is 4.70. The maximum Gasteiger partial charge on any atom is 0.264 e. The van der Waals surface area contributed by atoms with Crippen LogP contribution in [0.4, 0.5) is 0 Å². The third kappa shape index (κ3) is 5.22. The van der Waals surface area contributed by atoms with Gasteiger partial charge in [-0.2, -0.15) is 0 Å². The summed E-state index contributed by atoms with van der Waals surface area (Å²) in [6, 6.07) is 18.0. The predicted octanol–water partition coefficient (Wildman–Crippen LogP) is 5.25. The zero-order valence-corrected chi connectivity index (χ0v) is 18.6. The van der Waals surface area contributed by atoms with Crippen LogP contribution in [0.1, 0.15) is 26.4 Å². The zero-order chi connectivity index (χ0) is 20.9. The number of aryl methyl sites for hydroxylation is 1. The van der Waals surface area contributed by atoms with E-state index in [1.807, 2.05) is 47.5 Å². The van der Waals surface area contributed by atoms with E-state index in [-0.39, 0.29) is 5.91 Å². The van der Waals surface area contributed by atoms with Crippen LogP contribution in [0.5, 0.6) is 5.75 Å². The average Bonchev–Trinajstić information content (AvgIpc) is 3.23. The summed E-state index contributed by atoms with van der Waals surface area (Å²) in [6.07, 6.45) is 0. The van der Waals surface area contributed by atoms with Crippen LogP contribution in [0.25, 0.3) is 0 Å². The molecule has 1 aliphatic heterocycles. The molecule has 2 heterocycles. The third-order valence-electron chi connectivity index (χ3n) is 5.30. The van der Waals surface area contributed by atoms with Crippen molar-refractivity contribution in [3.05, 3.63) is 86.6 Å². The fourth-order valence-electron chi connectivity index (χ4n) is 3.61. The lowest BCUT2D eigenvalue weighted by Gasteiger charge is -2.34. The number of thiophene rings is 1. The second-order valence-electron chi connectivity index (χ2n) is 7.57. The van der Waals surface area contributed by atoms with Crippen LogP contribution in [0.3, 0.4) is 0 Å². The number of hydrogen-bond donors (Lipinski definition) is 0. The van der Waals surface area contributed by atoms with Gasteiger partial charge in [-0.3, -0.25) is 9.69 Å². The number of piperazine rings is 1. The Bertz CT molecular complexity index is 997. The van der Waals surface area contributed by atoms with Gasteiger partial charge in [0.15, 0.2) is 0 Å². The third-order valence-corrected chi connectivity index (χ3v) is 6.51. The van der Waals surface area contributed by atoms with Gasteiger partial charge < -0.3 is 9.64 Å². The Balaban J connectivity index is 1.29. The number of hydrogen-bond acceptors (Lipinski definition) is 4. The van der Waals surface area contributed by atoms with E-state index in [2.05, 4.69) is 29.2 Å². The molecule has 0 N–H and O–H groups in total. The average molecular weight is 441 g/mol. The van der Waals surface area contributed by atoms with Crippen LogP contribution < -0.4 is 4.74 Å². The summed E-state index contributed by atoms with van der Waals surface area (Å²) in [5.41, 5.74) is 3.33. The van der Waals surface area contributed by atoms with Crippen molar-refractivity contribution in [3.63, 3.8) is 0 Å². The van der Waals surface area contributed by atoms with Crippen molar-refractivity contribution in [2.24, 2.45) is 0 Å². The summed E-state index contributed by atoms with van der Waals surface area (Å²) in [4.78, 5) is 18.0. The summed E-state index contributed by atoms with van der Waals surface area (Å²) >= 11 is 7.49. The van der Waals surface area contributed by atoms with Gasteiger partial charge in [0, 0.05) is 43.3 Å². The Morgan fingerprint density at radius 3 is 2.53 bits per heavy atom. The number of carbonyl (C=O) groups is 1. The van der Waals surface area contributed by atoms with Crippen molar-refractivity contribution in [1.82, 2.24) is 9.80 Å². The molecule has 6 heteroatoms. The number of nitrogens with zero attached hydrogens (tertiary/aromatic N) is 2. The van der Waals surface area contributed by atoms with Crippen LogP contribution >= 0.6 is 22.9 Å². The molecule has 1 aliphatic rings. The standard InChI is InChI=1S/C24H25ClN2O2S/c1-18-13-21(25)7-8-22(18)29-16-20-14-23(30-17-20)24(28)27-11-9-26(10-12-27)15-19-5-3-2-4-6-19/h2-8,13-14,17H,9-12,15-16H2,1H3. The second kappa shape index (κ2) is 9.65.